The Balaban J connectivity index is 1.96. The summed E-state index contributed by atoms with van der Waals surface area (Å²) in [5.41, 5.74) is 8.37. The number of rotatable bonds is 15. The van der Waals surface area contributed by atoms with Crippen LogP contribution in [-0.4, -0.2) is 72.8 Å². The molecular formula is C32H45N9. The van der Waals surface area contributed by atoms with Crippen LogP contribution in [0.3, 0.4) is 0 Å². The first-order chi connectivity index (χ1) is 19.6. The van der Waals surface area contributed by atoms with Gasteiger partial charge in [-0.05, 0) is 83.9 Å². The van der Waals surface area contributed by atoms with Crippen LogP contribution in [-0.2, 0) is 6.42 Å². The lowest BCUT2D eigenvalue weighted by Gasteiger charge is -2.26. The van der Waals surface area contributed by atoms with E-state index in [9.17, 15) is 0 Å². The van der Waals surface area contributed by atoms with E-state index in [2.05, 4.69) is 120 Å². The highest BCUT2D eigenvalue weighted by atomic mass is 15.2. The van der Waals surface area contributed by atoms with Crippen molar-refractivity contribution in [2.45, 2.75) is 40.2 Å². The lowest BCUT2D eigenvalue weighted by Crippen LogP contribution is -2.29. The lowest BCUT2D eigenvalue weighted by molar-refractivity contribution is 0.416. The first-order valence-corrected chi connectivity index (χ1v) is 14.0. The van der Waals surface area contributed by atoms with Crippen LogP contribution in [0.15, 0.2) is 71.6 Å². The van der Waals surface area contributed by atoms with Crippen molar-refractivity contribution < 1.29 is 0 Å². The van der Waals surface area contributed by atoms with E-state index in [-0.39, 0.29) is 6.04 Å². The Hall–Kier alpha value is -4.24. The summed E-state index contributed by atoms with van der Waals surface area (Å²) in [4.78, 5) is 22.5. The summed E-state index contributed by atoms with van der Waals surface area (Å²) in [6.45, 7) is 22.2. The second-order valence-electron chi connectivity index (χ2n) is 10.5. The molecule has 9 nitrogen and oxygen atoms in total. The Labute approximate surface area is 245 Å². The van der Waals surface area contributed by atoms with E-state index in [1.807, 2.05) is 19.2 Å². The van der Waals surface area contributed by atoms with Gasteiger partial charge in [-0.2, -0.15) is 0 Å². The standard InChI is InChI=1S/C32H45N9/c1-11-23(5)37-29-19-28(25(12-2)17-30(29)40(10)16-15-39(8)9)36-21-35-27(13-14-33-7)26-18-31-32(34-20-26)38-24(6)41(31)22(3)4/h11,13-14,17-20,22,36-37H,1,5,7,12,15-16,21H2,2-4,6,8-10H3/b14-13-,35-27+. The summed E-state index contributed by atoms with van der Waals surface area (Å²) in [6.07, 6.45) is 7.90. The fourth-order valence-corrected chi connectivity index (χ4v) is 4.66. The Morgan fingerprint density at radius 2 is 1.90 bits per heavy atom. The maximum Gasteiger partial charge on any atom is 0.177 e. The highest BCUT2D eigenvalue weighted by molar-refractivity contribution is 6.09. The van der Waals surface area contributed by atoms with Gasteiger partial charge in [-0.25, -0.2) is 9.97 Å². The number of nitrogens with zero attached hydrogens (tertiary/aromatic N) is 7. The van der Waals surface area contributed by atoms with E-state index in [0.29, 0.717) is 6.67 Å². The van der Waals surface area contributed by atoms with Gasteiger partial charge in [0.1, 0.15) is 12.5 Å². The van der Waals surface area contributed by atoms with Crippen LogP contribution in [0.4, 0.5) is 17.1 Å². The molecule has 0 saturated heterocycles. The first-order valence-electron chi connectivity index (χ1n) is 14.0. The van der Waals surface area contributed by atoms with Crippen molar-refractivity contribution in [1.29, 1.82) is 0 Å². The Bertz CT molecular complexity index is 1440. The molecule has 0 radical (unpaired) electrons. The summed E-state index contributed by atoms with van der Waals surface area (Å²) >= 11 is 0. The highest BCUT2D eigenvalue weighted by Gasteiger charge is 2.15. The summed E-state index contributed by atoms with van der Waals surface area (Å²) in [6, 6.07) is 6.72. The van der Waals surface area contributed by atoms with Crippen molar-refractivity contribution in [3.8, 4) is 0 Å². The normalized spacial score (nSPS) is 12.0. The van der Waals surface area contributed by atoms with Crippen molar-refractivity contribution in [3.63, 3.8) is 0 Å². The van der Waals surface area contributed by atoms with E-state index >= 15 is 0 Å². The maximum absolute atomic E-state index is 4.89. The van der Waals surface area contributed by atoms with Gasteiger partial charge in [0.05, 0.1) is 22.6 Å². The average molecular weight is 556 g/mol. The Morgan fingerprint density at radius 1 is 1.15 bits per heavy atom. The van der Waals surface area contributed by atoms with Gasteiger partial charge >= 0.3 is 0 Å². The molecule has 2 heterocycles. The molecule has 3 aromatic rings. The fraction of sp³-hybridized carbons (Fsp3) is 0.375. The van der Waals surface area contributed by atoms with Gasteiger partial charge in [0.25, 0.3) is 0 Å². The van der Waals surface area contributed by atoms with Crippen molar-refractivity contribution in [1.82, 2.24) is 19.4 Å². The van der Waals surface area contributed by atoms with Crippen LogP contribution in [0, 0.1) is 6.92 Å². The zero-order chi connectivity index (χ0) is 30.1. The number of benzene rings is 1. The summed E-state index contributed by atoms with van der Waals surface area (Å²) in [7, 11) is 6.28. The van der Waals surface area contributed by atoms with E-state index in [0.717, 1.165) is 70.5 Å². The predicted molar refractivity (Wildman–Crippen MR) is 177 cm³/mol. The zero-order valence-electron chi connectivity index (χ0n) is 25.7. The zero-order valence-corrected chi connectivity index (χ0v) is 25.7. The maximum atomic E-state index is 4.89. The van der Waals surface area contributed by atoms with E-state index < -0.39 is 0 Å². The van der Waals surface area contributed by atoms with E-state index in [4.69, 9.17) is 4.99 Å². The first kappa shape index (κ1) is 31.3. The van der Waals surface area contributed by atoms with Crippen LogP contribution in [0.2, 0.25) is 0 Å². The second kappa shape index (κ2) is 14.4. The minimum Gasteiger partial charge on any atom is -0.372 e. The largest absolute Gasteiger partial charge is 0.372 e. The molecule has 1 aromatic carbocycles. The average Bonchev–Trinajstić information content (AvgIpc) is 3.28. The summed E-state index contributed by atoms with van der Waals surface area (Å²) in [5.74, 6) is 0.939. The number of likely N-dealkylation sites (N-methyl/N-ethyl adjacent to an activating group) is 2. The van der Waals surface area contributed by atoms with Crippen molar-refractivity contribution in [2.24, 2.45) is 9.98 Å². The van der Waals surface area contributed by atoms with Crippen molar-refractivity contribution in [3.05, 3.63) is 78.6 Å². The van der Waals surface area contributed by atoms with Gasteiger partial charge in [-0.3, -0.25) is 9.98 Å². The topological polar surface area (TPSA) is 86.0 Å². The highest BCUT2D eigenvalue weighted by Crippen LogP contribution is 2.33. The van der Waals surface area contributed by atoms with Crippen molar-refractivity contribution >= 4 is 40.7 Å². The molecule has 41 heavy (non-hydrogen) atoms. The number of fused-ring (bicyclic) bond motifs is 1. The number of aromatic nitrogens is 3. The monoisotopic (exact) mass is 555 g/mol. The third kappa shape index (κ3) is 7.91. The lowest BCUT2D eigenvalue weighted by atomic mass is 10.1. The number of aryl methyl sites for hydroxylation is 2. The van der Waals surface area contributed by atoms with Gasteiger partial charge in [-0.1, -0.05) is 20.1 Å². The summed E-state index contributed by atoms with van der Waals surface area (Å²) in [5, 5.41) is 6.95. The molecule has 0 unspecified atom stereocenters. The number of hydrogen-bond acceptors (Lipinski definition) is 8. The molecule has 2 N–H and O–H groups in total. The number of pyridine rings is 1. The number of aliphatic imine (C=N–C) groups is 2. The van der Waals surface area contributed by atoms with Crippen LogP contribution < -0.4 is 15.5 Å². The molecule has 0 fully saturated rings. The molecule has 0 bridgehead atoms. The molecule has 0 aliphatic carbocycles. The predicted octanol–water partition coefficient (Wildman–Crippen LogP) is 6.07. The SMILES string of the molecule is C=CC(=C)Nc1cc(NC/N=C(\C=C/N=C)c2cnc3nc(C)n(C(C)C)c3c2)c(CC)cc1N(C)CCN(C)C. The molecule has 0 atom stereocenters. The second-order valence-corrected chi connectivity index (χ2v) is 10.5. The smallest absolute Gasteiger partial charge is 0.177 e. The molecule has 9 heteroatoms. The number of allylic oxidation sites excluding steroid dienone is 2. The number of hydrogen-bond donors (Lipinski definition) is 2. The number of imidazole rings is 1. The van der Waals surface area contributed by atoms with Gasteiger partial charge in [0, 0.05) is 55.5 Å². The van der Waals surface area contributed by atoms with E-state index in [1.54, 1.807) is 12.3 Å². The third-order valence-electron chi connectivity index (χ3n) is 6.83. The van der Waals surface area contributed by atoms with Crippen LogP contribution in [0.25, 0.3) is 11.2 Å². The fourth-order valence-electron chi connectivity index (χ4n) is 4.66. The molecule has 2 aromatic heterocycles. The number of anilines is 3. The molecule has 0 spiro atoms. The van der Waals surface area contributed by atoms with Gasteiger partial charge < -0.3 is 25.0 Å². The molecule has 0 amide bonds. The molecular weight excluding hydrogens is 510 g/mol. The molecule has 0 aliphatic heterocycles. The van der Waals surface area contributed by atoms with Crippen LogP contribution in [0.1, 0.15) is 43.8 Å². The molecule has 0 aliphatic rings. The minimum atomic E-state index is 0.266. The van der Waals surface area contributed by atoms with Gasteiger partial charge in [-0.15, -0.1) is 0 Å². The van der Waals surface area contributed by atoms with E-state index in [1.165, 1.54) is 5.56 Å². The van der Waals surface area contributed by atoms with Crippen LogP contribution >= 0.6 is 0 Å². The van der Waals surface area contributed by atoms with Gasteiger partial charge in [0.15, 0.2) is 5.65 Å². The Morgan fingerprint density at radius 3 is 2.54 bits per heavy atom. The van der Waals surface area contributed by atoms with Crippen LogP contribution in [0.5, 0.6) is 0 Å². The molecule has 0 saturated carbocycles. The number of nitrogens with one attached hydrogen (secondary N) is 2. The van der Waals surface area contributed by atoms with Gasteiger partial charge in [0.2, 0.25) is 0 Å². The molecule has 218 valence electrons. The Kier molecular flexibility index (Phi) is 11.0. The summed E-state index contributed by atoms with van der Waals surface area (Å²) < 4.78 is 2.19. The molecule has 3 rings (SSSR count). The van der Waals surface area contributed by atoms with Crippen molar-refractivity contribution in [2.75, 3.05) is 56.4 Å². The minimum absolute atomic E-state index is 0.266. The quantitative estimate of drug-likeness (QED) is 0.175. The third-order valence-corrected chi connectivity index (χ3v) is 6.83.